The largest absolute Gasteiger partial charge is 0.390 e. The summed E-state index contributed by atoms with van der Waals surface area (Å²) in [5.74, 6) is 4.61. The Morgan fingerprint density at radius 3 is 2.28 bits per heavy atom. The second kappa shape index (κ2) is 4.67. The summed E-state index contributed by atoms with van der Waals surface area (Å²) >= 11 is 0. The fourth-order valence-electron chi connectivity index (χ4n) is 4.89. The van der Waals surface area contributed by atoms with Crippen LogP contribution in [0.3, 0.4) is 0 Å². The normalized spacial score (nSPS) is 43.6. The Balaban J connectivity index is 1.50. The Morgan fingerprint density at radius 2 is 1.78 bits per heavy atom. The highest BCUT2D eigenvalue weighted by atomic mass is 16.3. The molecule has 1 nitrogen and oxygen atoms in total. The second-order valence-corrected chi connectivity index (χ2v) is 7.74. The summed E-state index contributed by atoms with van der Waals surface area (Å²) in [5.41, 5.74) is -0.466. The van der Waals surface area contributed by atoms with Crippen molar-refractivity contribution in [1.82, 2.24) is 0 Å². The van der Waals surface area contributed by atoms with E-state index in [1.54, 1.807) is 0 Å². The van der Waals surface area contributed by atoms with Crippen LogP contribution in [0.15, 0.2) is 12.2 Å². The first-order valence-electron chi connectivity index (χ1n) is 7.92. The number of rotatable bonds is 3. The van der Waals surface area contributed by atoms with Crippen LogP contribution in [0.4, 0.5) is 0 Å². The van der Waals surface area contributed by atoms with Crippen LogP contribution >= 0.6 is 0 Å². The minimum absolute atomic E-state index is 0.466. The van der Waals surface area contributed by atoms with Gasteiger partial charge in [-0.25, -0.2) is 0 Å². The molecule has 0 aromatic heterocycles. The van der Waals surface area contributed by atoms with E-state index < -0.39 is 5.60 Å². The summed E-state index contributed by atoms with van der Waals surface area (Å²) in [4.78, 5) is 0. The second-order valence-electron chi connectivity index (χ2n) is 7.74. The van der Waals surface area contributed by atoms with Crippen LogP contribution in [0, 0.1) is 29.6 Å². The van der Waals surface area contributed by atoms with E-state index in [1.165, 1.54) is 38.5 Å². The lowest BCUT2D eigenvalue weighted by Gasteiger charge is -2.36. The lowest BCUT2D eigenvalue weighted by molar-refractivity contribution is 0.0384. The molecule has 0 spiro atoms. The molecule has 0 aromatic rings. The predicted molar refractivity (Wildman–Crippen MR) is 75.2 cm³/mol. The quantitative estimate of drug-likeness (QED) is 0.743. The van der Waals surface area contributed by atoms with Crippen molar-refractivity contribution in [2.75, 3.05) is 0 Å². The third-order valence-corrected chi connectivity index (χ3v) is 5.62. The van der Waals surface area contributed by atoms with Gasteiger partial charge in [-0.15, -0.1) is 0 Å². The number of hydrogen-bond donors (Lipinski definition) is 1. The van der Waals surface area contributed by atoms with Gasteiger partial charge in [0.2, 0.25) is 0 Å². The van der Waals surface area contributed by atoms with E-state index in [-0.39, 0.29) is 0 Å². The molecule has 2 fully saturated rings. The summed E-state index contributed by atoms with van der Waals surface area (Å²) in [6, 6.07) is 0. The van der Waals surface area contributed by atoms with Gasteiger partial charge in [-0.1, -0.05) is 25.0 Å². The minimum atomic E-state index is -0.466. The van der Waals surface area contributed by atoms with Gasteiger partial charge in [0.05, 0.1) is 5.60 Å². The molecular weight excluding hydrogens is 220 g/mol. The lowest BCUT2D eigenvalue weighted by atomic mass is 9.70. The highest BCUT2D eigenvalue weighted by molar-refractivity contribution is 5.11. The molecule has 0 heterocycles. The van der Waals surface area contributed by atoms with Crippen molar-refractivity contribution in [3.05, 3.63) is 12.2 Å². The van der Waals surface area contributed by atoms with E-state index in [4.69, 9.17) is 0 Å². The van der Waals surface area contributed by atoms with Crippen LogP contribution in [0.25, 0.3) is 0 Å². The van der Waals surface area contributed by atoms with Gasteiger partial charge in [0.25, 0.3) is 0 Å². The molecule has 0 aromatic carbocycles. The van der Waals surface area contributed by atoms with Crippen LogP contribution in [0.1, 0.15) is 58.8 Å². The van der Waals surface area contributed by atoms with E-state index in [0.717, 1.165) is 36.0 Å². The molecule has 102 valence electrons. The van der Waals surface area contributed by atoms with Crippen molar-refractivity contribution < 1.29 is 5.11 Å². The van der Waals surface area contributed by atoms with Gasteiger partial charge in [0.15, 0.2) is 0 Å². The highest BCUT2D eigenvalue weighted by Crippen LogP contribution is 2.50. The fourth-order valence-corrected chi connectivity index (χ4v) is 4.89. The fraction of sp³-hybridized carbons (Fsp3) is 0.882. The SMILES string of the molecule is CC(C)(O)CC1CCC(C2CC3C=CC2C3)CC1. The average molecular weight is 248 g/mol. The minimum Gasteiger partial charge on any atom is -0.390 e. The van der Waals surface area contributed by atoms with E-state index in [0.29, 0.717) is 0 Å². The van der Waals surface area contributed by atoms with Gasteiger partial charge in [-0.2, -0.15) is 0 Å². The maximum absolute atomic E-state index is 9.92. The predicted octanol–water partition coefficient (Wildman–Crippen LogP) is 4.17. The molecule has 0 amide bonds. The Bertz CT molecular complexity index is 317. The first-order chi connectivity index (χ1) is 8.51. The highest BCUT2D eigenvalue weighted by Gasteiger charge is 2.41. The molecule has 0 radical (unpaired) electrons. The van der Waals surface area contributed by atoms with Gasteiger partial charge in [-0.3, -0.25) is 0 Å². The summed E-state index contributed by atoms with van der Waals surface area (Å²) < 4.78 is 0. The van der Waals surface area contributed by atoms with Gasteiger partial charge >= 0.3 is 0 Å². The molecule has 2 bridgehead atoms. The van der Waals surface area contributed by atoms with E-state index >= 15 is 0 Å². The van der Waals surface area contributed by atoms with Crippen LogP contribution in [0.5, 0.6) is 0 Å². The van der Waals surface area contributed by atoms with Crippen LogP contribution < -0.4 is 0 Å². The molecule has 3 atom stereocenters. The standard InChI is InChI=1S/C17H28O/c1-17(2,18)11-12-3-6-14(7-4-12)16-10-13-5-8-15(16)9-13/h5,8,12-16,18H,3-4,6-7,9-11H2,1-2H3. The van der Waals surface area contributed by atoms with Crippen LogP contribution in [-0.2, 0) is 0 Å². The molecule has 2 saturated carbocycles. The first kappa shape index (κ1) is 12.7. The first-order valence-corrected chi connectivity index (χ1v) is 7.92. The zero-order chi connectivity index (χ0) is 12.8. The van der Waals surface area contributed by atoms with Crippen molar-refractivity contribution in [2.24, 2.45) is 29.6 Å². The molecule has 18 heavy (non-hydrogen) atoms. The Morgan fingerprint density at radius 1 is 1.06 bits per heavy atom. The molecule has 0 saturated heterocycles. The molecule has 1 N–H and O–H groups in total. The monoisotopic (exact) mass is 248 g/mol. The van der Waals surface area contributed by atoms with Crippen molar-refractivity contribution in [2.45, 2.75) is 64.4 Å². The van der Waals surface area contributed by atoms with Crippen molar-refractivity contribution in [1.29, 1.82) is 0 Å². The van der Waals surface area contributed by atoms with Gasteiger partial charge in [0.1, 0.15) is 0 Å². The Hall–Kier alpha value is -0.300. The molecule has 3 aliphatic carbocycles. The number of fused-ring (bicyclic) bond motifs is 2. The topological polar surface area (TPSA) is 20.2 Å². The summed E-state index contributed by atoms with van der Waals surface area (Å²) in [6.45, 7) is 3.92. The van der Waals surface area contributed by atoms with Crippen molar-refractivity contribution >= 4 is 0 Å². The maximum Gasteiger partial charge on any atom is 0.0594 e. The number of hydrogen-bond acceptors (Lipinski definition) is 1. The van der Waals surface area contributed by atoms with Gasteiger partial charge < -0.3 is 5.11 Å². The zero-order valence-corrected chi connectivity index (χ0v) is 11.9. The summed E-state index contributed by atoms with van der Waals surface area (Å²) in [5, 5.41) is 9.92. The third kappa shape index (κ3) is 2.66. The number of allylic oxidation sites excluding steroid dienone is 2. The molecule has 3 aliphatic rings. The number of aliphatic hydroxyl groups is 1. The third-order valence-electron chi connectivity index (χ3n) is 5.62. The maximum atomic E-state index is 9.92. The van der Waals surface area contributed by atoms with E-state index in [9.17, 15) is 5.11 Å². The van der Waals surface area contributed by atoms with Gasteiger partial charge in [0, 0.05) is 0 Å². The molecule has 1 heteroatoms. The summed E-state index contributed by atoms with van der Waals surface area (Å²) in [7, 11) is 0. The smallest absolute Gasteiger partial charge is 0.0594 e. The van der Waals surface area contributed by atoms with E-state index in [2.05, 4.69) is 12.2 Å². The Kier molecular flexibility index (Phi) is 3.30. The van der Waals surface area contributed by atoms with Crippen LogP contribution in [0.2, 0.25) is 0 Å². The van der Waals surface area contributed by atoms with Crippen molar-refractivity contribution in [3.63, 3.8) is 0 Å². The molecular formula is C17H28O. The molecule has 3 rings (SSSR count). The average Bonchev–Trinajstić information content (AvgIpc) is 2.89. The Labute approximate surface area is 112 Å². The summed E-state index contributed by atoms with van der Waals surface area (Å²) in [6.07, 6.45) is 14.4. The van der Waals surface area contributed by atoms with E-state index in [1.807, 2.05) is 13.8 Å². The lowest BCUT2D eigenvalue weighted by Crippen LogP contribution is -2.29. The molecule has 0 aliphatic heterocycles. The van der Waals surface area contributed by atoms with Crippen molar-refractivity contribution in [3.8, 4) is 0 Å². The van der Waals surface area contributed by atoms with Crippen LogP contribution in [-0.4, -0.2) is 10.7 Å². The van der Waals surface area contributed by atoms with Gasteiger partial charge in [-0.05, 0) is 75.5 Å². The molecule has 3 unspecified atom stereocenters. The zero-order valence-electron chi connectivity index (χ0n) is 11.9.